The largest absolute Gasteiger partial charge is 0.534 e. The second kappa shape index (κ2) is 8.13. The van der Waals surface area contributed by atoms with E-state index in [9.17, 15) is 21.6 Å². The summed E-state index contributed by atoms with van der Waals surface area (Å²) in [6.45, 7) is 5.35. The van der Waals surface area contributed by atoms with E-state index in [1.54, 1.807) is 26.8 Å². The molecular weight excluding hydrogens is 441 g/mol. The second-order valence-corrected chi connectivity index (χ2v) is 8.29. The molecule has 0 aliphatic carbocycles. The number of ether oxygens (including phenoxy) is 2. The average molecular weight is 460 g/mol. The van der Waals surface area contributed by atoms with E-state index in [0.29, 0.717) is 16.6 Å². The number of aryl methyl sites for hydroxylation is 1. The molecule has 9 nitrogen and oxygen atoms in total. The Balaban J connectivity index is 2.15. The number of pyridine rings is 1. The zero-order valence-corrected chi connectivity index (χ0v) is 17.7. The van der Waals surface area contributed by atoms with Crippen molar-refractivity contribution in [2.75, 3.05) is 12.4 Å². The topological polar surface area (TPSA) is 115 Å². The standard InChI is InChI=1S/C18H19F3N4O5S/c1-9(2)29-17-12-8-13(28-4)14(30-31(26,27)18(19,20)21)6-11(12)7-15(23-17)22-16-5-10(3)24-25-16/h5-9H,1-4H3,(H2,22,23,24,25). The molecule has 0 fully saturated rings. The van der Waals surface area contributed by atoms with Crippen LogP contribution in [0.15, 0.2) is 24.3 Å². The Labute approximate surface area is 175 Å². The smallest absolute Gasteiger partial charge is 0.493 e. The summed E-state index contributed by atoms with van der Waals surface area (Å²) in [6, 6.07) is 5.60. The third-order valence-electron chi connectivity index (χ3n) is 3.87. The third-order valence-corrected chi connectivity index (χ3v) is 4.84. The number of alkyl halides is 3. The van der Waals surface area contributed by atoms with Crippen LogP contribution in [0, 0.1) is 6.92 Å². The van der Waals surface area contributed by atoms with Gasteiger partial charge < -0.3 is 19.0 Å². The van der Waals surface area contributed by atoms with Crippen LogP contribution < -0.4 is 19.0 Å². The van der Waals surface area contributed by atoms with Crippen LogP contribution >= 0.6 is 0 Å². The number of benzene rings is 1. The number of halogens is 3. The highest BCUT2D eigenvalue weighted by Gasteiger charge is 2.49. The Morgan fingerprint density at radius 3 is 2.35 bits per heavy atom. The molecule has 0 saturated carbocycles. The Morgan fingerprint density at radius 1 is 1.10 bits per heavy atom. The summed E-state index contributed by atoms with van der Waals surface area (Å²) in [6.07, 6.45) is -0.272. The lowest BCUT2D eigenvalue weighted by molar-refractivity contribution is -0.0500. The normalized spacial score (nSPS) is 12.3. The van der Waals surface area contributed by atoms with Crippen molar-refractivity contribution >= 4 is 32.5 Å². The van der Waals surface area contributed by atoms with Crippen LogP contribution in [0.2, 0.25) is 0 Å². The molecule has 0 amide bonds. The molecule has 0 aliphatic rings. The highest BCUT2D eigenvalue weighted by Crippen LogP contribution is 2.39. The molecule has 0 saturated heterocycles. The number of anilines is 2. The summed E-state index contributed by atoms with van der Waals surface area (Å²) >= 11 is 0. The number of hydrogen-bond acceptors (Lipinski definition) is 8. The molecule has 0 spiro atoms. The first-order valence-corrected chi connectivity index (χ1v) is 10.3. The van der Waals surface area contributed by atoms with Crippen molar-refractivity contribution in [2.24, 2.45) is 0 Å². The van der Waals surface area contributed by atoms with Crippen LogP contribution in [0.5, 0.6) is 17.4 Å². The van der Waals surface area contributed by atoms with Gasteiger partial charge in [-0.05, 0) is 44.4 Å². The number of nitrogens with one attached hydrogen (secondary N) is 2. The molecule has 3 aromatic rings. The Kier molecular flexibility index (Phi) is 5.89. The lowest BCUT2D eigenvalue weighted by Crippen LogP contribution is -2.28. The first-order chi connectivity index (χ1) is 14.4. The maximum atomic E-state index is 12.8. The van der Waals surface area contributed by atoms with Crippen LogP contribution in [0.3, 0.4) is 0 Å². The number of hydrogen-bond donors (Lipinski definition) is 2. The maximum Gasteiger partial charge on any atom is 0.534 e. The number of nitrogens with zero attached hydrogens (tertiary/aromatic N) is 2. The summed E-state index contributed by atoms with van der Waals surface area (Å²) < 4.78 is 76.4. The SMILES string of the molecule is COc1cc2c(OC(C)C)nc(Nc3cc(C)[nH]n3)cc2cc1OS(=O)(=O)C(F)(F)F. The van der Waals surface area contributed by atoms with Crippen LogP contribution in [0.25, 0.3) is 10.8 Å². The van der Waals surface area contributed by atoms with E-state index in [4.69, 9.17) is 9.47 Å². The van der Waals surface area contributed by atoms with Crippen LogP contribution in [0.4, 0.5) is 24.8 Å². The van der Waals surface area contributed by atoms with Gasteiger partial charge in [0.1, 0.15) is 5.82 Å². The number of aromatic amines is 1. The monoisotopic (exact) mass is 460 g/mol. The predicted octanol–water partition coefficient (Wildman–Crippen LogP) is 4.03. The van der Waals surface area contributed by atoms with Gasteiger partial charge in [-0.15, -0.1) is 0 Å². The van der Waals surface area contributed by atoms with E-state index in [1.165, 1.54) is 19.2 Å². The molecule has 0 radical (unpaired) electrons. The Morgan fingerprint density at radius 2 is 1.81 bits per heavy atom. The van der Waals surface area contributed by atoms with E-state index >= 15 is 0 Å². The lowest BCUT2D eigenvalue weighted by Gasteiger charge is -2.16. The quantitative estimate of drug-likeness (QED) is 0.401. The molecule has 2 heterocycles. The van der Waals surface area contributed by atoms with Crippen LogP contribution in [-0.4, -0.2) is 42.3 Å². The fraction of sp³-hybridized carbons (Fsp3) is 0.333. The molecule has 1 aromatic carbocycles. The fourth-order valence-electron chi connectivity index (χ4n) is 2.61. The lowest BCUT2D eigenvalue weighted by atomic mass is 10.1. The average Bonchev–Trinajstić information content (AvgIpc) is 3.04. The molecule has 0 bridgehead atoms. The minimum Gasteiger partial charge on any atom is -0.493 e. The zero-order chi connectivity index (χ0) is 23.0. The molecule has 168 valence electrons. The van der Waals surface area contributed by atoms with Gasteiger partial charge in [-0.3, -0.25) is 5.10 Å². The van der Waals surface area contributed by atoms with Crippen molar-refractivity contribution in [3.63, 3.8) is 0 Å². The van der Waals surface area contributed by atoms with Gasteiger partial charge in [-0.25, -0.2) is 0 Å². The molecule has 3 rings (SSSR count). The molecular formula is C18H19F3N4O5S. The zero-order valence-electron chi connectivity index (χ0n) is 16.9. The highest BCUT2D eigenvalue weighted by atomic mass is 32.2. The molecule has 2 aromatic heterocycles. The van der Waals surface area contributed by atoms with Gasteiger partial charge in [0.2, 0.25) is 5.88 Å². The highest BCUT2D eigenvalue weighted by molar-refractivity contribution is 7.88. The minimum absolute atomic E-state index is 0.158. The Bertz CT molecular complexity index is 1210. The van der Waals surface area contributed by atoms with Gasteiger partial charge in [-0.2, -0.15) is 31.7 Å². The van der Waals surface area contributed by atoms with Gasteiger partial charge in [0.15, 0.2) is 17.3 Å². The van der Waals surface area contributed by atoms with Crippen molar-refractivity contribution in [2.45, 2.75) is 32.4 Å². The van der Waals surface area contributed by atoms with Gasteiger partial charge >= 0.3 is 15.6 Å². The van der Waals surface area contributed by atoms with E-state index < -0.39 is 21.4 Å². The van der Waals surface area contributed by atoms with Crippen molar-refractivity contribution in [1.82, 2.24) is 15.2 Å². The summed E-state index contributed by atoms with van der Waals surface area (Å²) in [5, 5.41) is 10.4. The van der Waals surface area contributed by atoms with E-state index in [-0.39, 0.29) is 23.6 Å². The first kappa shape index (κ1) is 22.5. The predicted molar refractivity (Wildman–Crippen MR) is 106 cm³/mol. The van der Waals surface area contributed by atoms with E-state index in [2.05, 4.69) is 24.7 Å². The van der Waals surface area contributed by atoms with Gasteiger partial charge in [0, 0.05) is 17.1 Å². The van der Waals surface area contributed by atoms with Crippen LogP contribution in [-0.2, 0) is 10.1 Å². The van der Waals surface area contributed by atoms with Crippen molar-refractivity contribution in [3.05, 3.63) is 30.0 Å². The summed E-state index contributed by atoms with van der Waals surface area (Å²) in [5.74, 6) is 0.00895. The number of H-pyrrole nitrogens is 1. The molecule has 0 unspecified atom stereocenters. The molecule has 13 heteroatoms. The van der Waals surface area contributed by atoms with E-state index in [1.807, 2.05) is 0 Å². The Hall–Kier alpha value is -3.22. The molecule has 2 N–H and O–H groups in total. The van der Waals surface area contributed by atoms with Gasteiger partial charge in [0.05, 0.1) is 13.2 Å². The maximum absolute atomic E-state index is 12.8. The van der Waals surface area contributed by atoms with Crippen LogP contribution in [0.1, 0.15) is 19.5 Å². The molecule has 0 aliphatic heterocycles. The summed E-state index contributed by atoms with van der Waals surface area (Å²) in [5.41, 5.74) is -4.80. The second-order valence-electron chi connectivity index (χ2n) is 6.75. The fourth-order valence-corrected chi connectivity index (χ4v) is 3.07. The minimum atomic E-state index is -5.89. The van der Waals surface area contributed by atoms with Crippen molar-refractivity contribution < 1.29 is 35.2 Å². The number of rotatable bonds is 7. The molecule has 31 heavy (non-hydrogen) atoms. The van der Waals surface area contributed by atoms with Gasteiger partial charge in [0.25, 0.3) is 0 Å². The number of fused-ring (bicyclic) bond motifs is 1. The van der Waals surface area contributed by atoms with Crippen molar-refractivity contribution in [1.29, 1.82) is 0 Å². The van der Waals surface area contributed by atoms with Gasteiger partial charge in [-0.1, -0.05) is 0 Å². The number of aromatic nitrogens is 3. The van der Waals surface area contributed by atoms with E-state index in [0.717, 1.165) is 11.8 Å². The third kappa shape index (κ3) is 4.93. The first-order valence-electron chi connectivity index (χ1n) is 8.89. The number of methoxy groups -OCH3 is 1. The summed E-state index contributed by atoms with van der Waals surface area (Å²) in [7, 11) is -4.73. The van der Waals surface area contributed by atoms with Crippen molar-refractivity contribution in [3.8, 4) is 17.4 Å². The summed E-state index contributed by atoms with van der Waals surface area (Å²) in [4.78, 5) is 4.38. The molecule has 0 atom stereocenters.